The molecule has 0 radical (unpaired) electrons. The fraction of sp³-hybridized carbons (Fsp3) is 1.00. The van der Waals surface area contributed by atoms with Crippen LogP contribution in [-0.4, -0.2) is 26.5 Å². The van der Waals surface area contributed by atoms with Crippen LogP contribution in [-0.2, 0) is 9.84 Å². The zero-order chi connectivity index (χ0) is 7.49. The molecule has 3 N–H and O–H groups in total. The van der Waals surface area contributed by atoms with E-state index in [9.17, 15) is 8.42 Å². The van der Waals surface area contributed by atoms with Crippen molar-refractivity contribution in [2.75, 3.05) is 12.8 Å². The Labute approximate surface area is 68.3 Å². The maximum Gasteiger partial charge on any atom is 0.155 e. The van der Waals surface area contributed by atoms with Gasteiger partial charge in [0.05, 0.1) is 6.54 Å². The van der Waals surface area contributed by atoms with Gasteiger partial charge in [0.1, 0.15) is 5.25 Å². The summed E-state index contributed by atoms with van der Waals surface area (Å²) in [5.41, 5.74) is 3.54. The Morgan fingerprint density at radius 1 is 1.50 bits per heavy atom. The van der Waals surface area contributed by atoms with Gasteiger partial charge in [0, 0.05) is 6.26 Å². The normalized spacial score (nSPS) is 13.9. The van der Waals surface area contributed by atoms with E-state index >= 15 is 0 Å². The van der Waals surface area contributed by atoms with Crippen LogP contribution in [0.2, 0.25) is 0 Å². The third kappa shape index (κ3) is 4.09. The van der Waals surface area contributed by atoms with Gasteiger partial charge in [-0.05, 0) is 6.42 Å². The maximum absolute atomic E-state index is 10.8. The summed E-state index contributed by atoms with van der Waals surface area (Å²) in [7, 11) is -2.83. The molecular formula is C5H14ClNO2S. The molecule has 0 aromatic carbocycles. The topological polar surface area (TPSA) is 61.8 Å². The van der Waals surface area contributed by atoms with Crippen molar-refractivity contribution in [2.24, 2.45) is 0 Å². The minimum absolute atomic E-state index is 0. The SMILES string of the molecule is CCC(C[NH3+])S(C)(=O)=O.[Cl-]. The molecule has 0 aromatic rings. The molecule has 1 unspecified atom stereocenters. The predicted molar refractivity (Wildman–Crippen MR) is 36.7 cm³/mol. The van der Waals surface area contributed by atoms with Crippen molar-refractivity contribution in [1.29, 1.82) is 0 Å². The molecule has 0 aliphatic carbocycles. The highest BCUT2D eigenvalue weighted by Gasteiger charge is 2.17. The second-order valence-electron chi connectivity index (χ2n) is 2.15. The highest BCUT2D eigenvalue weighted by Crippen LogP contribution is 1.99. The molecule has 0 amide bonds. The van der Waals surface area contributed by atoms with Crippen LogP contribution in [0.5, 0.6) is 0 Å². The summed E-state index contributed by atoms with van der Waals surface area (Å²) in [5.74, 6) is 0. The lowest BCUT2D eigenvalue weighted by Gasteiger charge is -2.05. The highest BCUT2D eigenvalue weighted by molar-refractivity contribution is 7.91. The second-order valence-corrected chi connectivity index (χ2v) is 4.47. The molecule has 5 heteroatoms. The van der Waals surface area contributed by atoms with Crippen LogP contribution in [0.1, 0.15) is 13.3 Å². The molecule has 0 aromatic heterocycles. The molecule has 3 nitrogen and oxygen atoms in total. The molecule has 10 heavy (non-hydrogen) atoms. The van der Waals surface area contributed by atoms with Gasteiger partial charge in [0.15, 0.2) is 9.84 Å². The number of quaternary nitrogens is 1. The minimum atomic E-state index is -2.83. The van der Waals surface area contributed by atoms with Crippen LogP contribution in [0.3, 0.4) is 0 Å². The number of rotatable bonds is 3. The zero-order valence-electron chi connectivity index (χ0n) is 6.30. The summed E-state index contributed by atoms with van der Waals surface area (Å²) in [4.78, 5) is 0. The van der Waals surface area contributed by atoms with Crippen LogP contribution in [0, 0.1) is 0 Å². The fourth-order valence-corrected chi connectivity index (χ4v) is 1.75. The quantitative estimate of drug-likeness (QED) is 0.491. The first kappa shape index (κ1) is 12.8. The number of halogens is 1. The van der Waals surface area contributed by atoms with Crippen LogP contribution in [0.25, 0.3) is 0 Å². The van der Waals surface area contributed by atoms with Gasteiger partial charge >= 0.3 is 0 Å². The van der Waals surface area contributed by atoms with Gasteiger partial charge in [0.2, 0.25) is 0 Å². The summed E-state index contributed by atoms with van der Waals surface area (Å²) in [6.07, 6.45) is 1.93. The third-order valence-corrected chi connectivity index (χ3v) is 3.16. The van der Waals surface area contributed by atoms with Crippen molar-refractivity contribution in [1.82, 2.24) is 0 Å². The van der Waals surface area contributed by atoms with Gasteiger partial charge in [-0.25, -0.2) is 8.42 Å². The summed E-state index contributed by atoms with van der Waals surface area (Å²) >= 11 is 0. The van der Waals surface area contributed by atoms with Crippen molar-refractivity contribution >= 4 is 9.84 Å². The fourth-order valence-electron chi connectivity index (χ4n) is 0.721. The van der Waals surface area contributed by atoms with Crippen LogP contribution in [0.4, 0.5) is 0 Å². The van der Waals surface area contributed by atoms with Crippen molar-refractivity contribution in [3.63, 3.8) is 0 Å². The number of sulfone groups is 1. The molecule has 64 valence electrons. The molecule has 0 saturated carbocycles. The molecule has 0 saturated heterocycles. The molecule has 1 atom stereocenters. The van der Waals surface area contributed by atoms with Gasteiger partial charge < -0.3 is 18.1 Å². The van der Waals surface area contributed by atoms with Gasteiger partial charge in [-0.15, -0.1) is 0 Å². The predicted octanol–water partition coefficient (Wildman–Crippen LogP) is -3.94. The largest absolute Gasteiger partial charge is 1.00 e. The summed E-state index contributed by atoms with van der Waals surface area (Å²) in [5, 5.41) is -0.238. The van der Waals surface area contributed by atoms with Crippen molar-refractivity contribution in [2.45, 2.75) is 18.6 Å². The van der Waals surface area contributed by atoms with Gasteiger partial charge in [-0.2, -0.15) is 0 Å². The first-order valence-corrected chi connectivity index (χ1v) is 4.96. The average Bonchev–Trinajstić information content (AvgIpc) is 1.65. The maximum atomic E-state index is 10.8. The van der Waals surface area contributed by atoms with Crippen LogP contribution < -0.4 is 18.1 Å². The lowest BCUT2D eigenvalue weighted by molar-refractivity contribution is -0.366. The minimum Gasteiger partial charge on any atom is -1.00 e. The van der Waals surface area contributed by atoms with E-state index in [1.165, 1.54) is 6.26 Å². The molecule has 0 aliphatic rings. The molecule has 0 heterocycles. The van der Waals surface area contributed by atoms with Crippen molar-refractivity contribution < 1.29 is 26.6 Å². The van der Waals surface area contributed by atoms with Gasteiger partial charge in [0.25, 0.3) is 0 Å². The lowest BCUT2D eigenvalue weighted by atomic mass is 10.3. The van der Waals surface area contributed by atoms with Crippen molar-refractivity contribution in [3.05, 3.63) is 0 Å². The average molecular weight is 188 g/mol. The van der Waals surface area contributed by atoms with E-state index in [4.69, 9.17) is 0 Å². The van der Waals surface area contributed by atoms with E-state index in [0.717, 1.165) is 0 Å². The standard InChI is InChI=1S/C5H13NO2S.ClH/c1-3-5(4-6)9(2,7)8;/h5H,3-4,6H2,1-2H3;1H. The molecule has 0 aliphatic heterocycles. The number of hydrogen-bond donors (Lipinski definition) is 1. The third-order valence-electron chi connectivity index (χ3n) is 1.38. The molecule has 0 bridgehead atoms. The van der Waals surface area contributed by atoms with E-state index in [2.05, 4.69) is 5.73 Å². The van der Waals surface area contributed by atoms with Crippen LogP contribution in [0.15, 0.2) is 0 Å². The van der Waals surface area contributed by atoms with E-state index in [1.54, 1.807) is 0 Å². The first-order chi connectivity index (χ1) is 4.02. The Morgan fingerprint density at radius 3 is 1.90 bits per heavy atom. The monoisotopic (exact) mass is 187 g/mol. The highest BCUT2D eigenvalue weighted by atomic mass is 35.5. The van der Waals surface area contributed by atoms with E-state index in [0.29, 0.717) is 13.0 Å². The van der Waals surface area contributed by atoms with Gasteiger partial charge in [-0.1, -0.05) is 6.92 Å². The molecule has 0 rings (SSSR count). The Morgan fingerprint density at radius 2 is 1.90 bits per heavy atom. The summed E-state index contributed by atoms with van der Waals surface area (Å²) in [6, 6.07) is 0. The summed E-state index contributed by atoms with van der Waals surface area (Å²) < 4.78 is 21.5. The smallest absolute Gasteiger partial charge is 0.155 e. The number of hydrogen-bond acceptors (Lipinski definition) is 2. The Balaban J connectivity index is 0. The van der Waals surface area contributed by atoms with E-state index in [-0.39, 0.29) is 17.7 Å². The second kappa shape index (κ2) is 4.93. The Kier molecular flexibility index (Phi) is 6.33. The van der Waals surface area contributed by atoms with Crippen LogP contribution >= 0.6 is 0 Å². The lowest BCUT2D eigenvalue weighted by Crippen LogP contribution is -3.00. The molecule has 0 fully saturated rings. The molecular weight excluding hydrogens is 174 g/mol. The first-order valence-electron chi connectivity index (χ1n) is 3.00. The Hall–Kier alpha value is 0.200. The van der Waals surface area contributed by atoms with E-state index in [1.807, 2.05) is 6.92 Å². The van der Waals surface area contributed by atoms with Crippen molar-refractivity contribution in [3.8, 4) is 0 Å². The van der Waals surface area contributed by atoms with Gasteiger partial charge in [-0.3, -0.25) is 0 Å². The Bertz CT molecular complexity index is 162. The zero-order valence-corrected chi connectivity index (χ0v) is 7.87. The summed E-state index contributed by atoms with van der Waals surface area (Å²) in [6.45, 7) is 2.34. The molecule has 0 spiro atoms. The van der Waals surface area contributed by atoms with E-state index < -0.39 is 9.84 Å².